The number of nitriles is 1. The van der Waals surface area contributed by atoms with Gasteiger partial charge in [0.25, 0.3) is 5.91 Å². The van der Waals surface area contributed by atoms with Crippen LogP contribution in [0.2, 0.25) is 0 Å². The number of carbonyl (C=O) groups excluding carboxylic acids is 1. The number of hydrogen-bond donors (Lipinski definition) is 1. The average Bonchev–Trinajstić information content (AvgIpc) is 3.15. The zero-order valence-electron chi connectivity index (χ0n) is 14.5. The second kappa shape index (κ2) is 9.16. The van der Waals surface area contributed by atoms with Gasteiger partial charge < -0.3 is 4.74 Å². The maximum atomic E-state index is 12.3. The smallest absolute Gasteiger partial charge is 0.257 e. The van der Waals surface area contributed by atoms with Gasteiger partial charge in [-0.25, -0.2) is 0 Å². The van der Waals surface area contributed by atoms with Crippen LogP contribution in [0.25, 0.3) is 0 Å². The summed E-state index contributed by atoms with van der Waals surface area (Å²) in [5.41, 5.74) is 2.26. The van der Waals surface area contributed by atoms with Crippen molar-refractivity contribution in [3.8, 4) is 11.8 Å². The molecule has 136 valence electrons. The van der Waals surface area contributed by atoms with Gasteiger partial charge in [0.2, 0.25) is 5.13 Å². The molecule has 0 aliphatic carbocycles. The highest BCUT2D eigenvalue weighted by Gasteiger charge is 2.11. The fraction of sp³-hybridized carbons (Fsp3) is 0.158. The Labute approximate surface area is 165 Å². The van der Waals surface area contributed by atoms with Crippen molar-refractivity contribution in [3.05, 3.63) is 65.2 Å². The SMILES string of the molecule is CCOc1ccc(C(=O)Nc2nnc(SCc3ccc(C#N)cc3)s2)cc1. The fourth-order valence-electron chi connectivity index (χ4n) is 2.18. The lowest BCUT2D eigenvalue weighted by atomic mass is 10.2. The van der Waals surface area contributed by atoms with E-state index >= 15 is 0 Å². The van der Waals surface area contributed by atoms with Crippen LogP contribution in [0.15, 0.2) is 52.9 Å². The van der Waals surface area contributed by atoms with Crippen molar-refractivity contribution in [2.24, 2.45) is 0 Å². The van der Waals surface area contributed by atoms with E-state index in [-0.39, 0.29) is 5.91 Å². The molecule has 1 aromatic heterocycles. The Morgan fingerprint density at radius 3 is 2.59 bits per heavy atom. The van der Waals surface area contributed by atoms with Gasteiger partial charge in [0.05, 0.1) is 18.2 Å². The number of ether oxygens (including phenoxy) is 1. The lowest BCUT2D eigenvalue weighted by molar-refractivity contribution is 0.102. The van der Waals surface area contributed by atoms with Gasteiger partial charge in [-0.15, -0.1) is 10.2 Å². The van der Waals surface area contributed by atoms with E-state index in [1.165, 1.54) is 23.1 Å². The fourth-order valence-corrected chi connectivity index (χ4v) is 3.88. The third-order valence-electron chi connectivity index (χ3n) is 3.50. The quantitative estimate of drug-likeness (QED) is 0.472. The average molecular weight is 396 g/mol. The molecule has 0 aliphatic rings. The Morgan fingerprint density at radius 2 is 1.93 bits per heavy atom. The number of nitrogens with zero attached hydrogens (tertiary/aromatic N) is 3. The number of thioether (sulfide) groups is 1. The lowest BCUT2D eigenvalue weighted by Crippen LogP contribution is -2.11. The molecule has 1 amide bonds. The molecule has 1 heterocycles. The van der Waals surface area contributed by atoms with Crippen LogP contribution in [-0.2, 0) is 5.75 Å². The zero-order chi connectivity index (χ0) is 19.1. The van der Waals surface area contributed by atoms with Crippen LogP contribution >= 0.6 is 23.1 Å². The summed E-state index contributed by atoms with van der Waals surface area (Å²) in [7, 11) is 0. The van der Waals surface area contributed by atoms with Crippen LogP contribution in [0.5, 0.6) is 5.75 Å². The highest BCUT2D eigenvalue weighted by Crippen LogP contribution is 2.28. The van der Waals surface area contributed by atoms with E-state index in [1.807, 2.05) is 19.1 Å². The van der Waals surface area contributed by atoms with Crippen LogP contribution in [0, 0.1) is 11.3 Å². The minimum absolute atomic E-state index is 0.238. The van der Waals surface area contributed by atoms with Gasteiger partial charge in [0, 0.05) is 11.3 Å². The first-order chi connectivity index (χ1) is 13.2. The second-order valence-corrected chi connectivity index (χ2v) is 7.58. The number of nitrogens with one attached hydrogen (secondary N) is 1. The number of carbonyl (C=O) groups is 1. The van der Waals surface area contributed by atoms with Gasteiger partial charge in [-0.1, -0.05) is 35.2 Å². The maximum Gasteiger partial charge on any atom is 0.257 e. The van der Waals surface area contributed by atoms with E-state index in [0.717, 1.165) is 15.7 Å². The molecule has 0 atom stereocenters. The van der Waals surface area contributed by atoms with Gasteiger partial charge in [-0.3, -0.25) is 10.1 Å². The first-order valence-corrected chi connectivity index (χ1v) is 9.97. The molecule has 0 radical (unpaired) electrons. The molecular weight excluding hydrogens is 380 g/mol. The van der Waals surface area contributed by atoms with Crippen LogP contribution in [0.3, 0.4) is 0 Å². The molecule has 0 spiro atoms. The minimum atomic E-state index is -0.238. The molecule has 0 saturated carbocycles. The van der Waals surface area contributed by atoms with Crippen molar-refractivity contribution in [1.29, 1.82) is 5.26 Å². The summed E-state index contributed by atoms with van der Waals surface area (Å²) in [4.78, 5) is 12.3. The Hall–Kier alpha value is -2.89. The van der Waals surface area contributed by atoms with Crippen LogP contribution in [-0.4, -0.2) is 22.7 Å². The van der Waals surface area contributed by atoms with Gasteiger partial charge in [-0.05, 0) is 48.9 Å². The summed E-state index contributed by atoms with van der Waals surface area (Å²) < 4.78 is 6.13. The molecule has 8 heteroatoms. The van der Waals surface area contributed by atoms with Crippen molar-refractivity contribution in [2.45, 2.75) is 17.0 Å². The van der Waals surface area contributed by atoms with Crippen LogP contribution in [0.1, 0.15) is 28.4 Å². The number of anilines is 1. The zero-order valence-corrected chi connectivity index (χ0v) is 16.1. The summed E-state index contributed by atoms with van der Waals surface area (Å²) in [6.45, 7) is 2.49. The Kier molecular flexibility index (Phi) is 6.41. The predicted octanol–water partition coefficient (Wildman–Crippen LogP) is 4.35. The molecule has 0 bridgehead atoms. The molecule has 1 N–H and O–H groups in total. The normalized spacial score (nSPS) is 10.2. The van der Waals surface area contributed by atoms with Gasteiger partial charge >= 0.3 is 0 Å². The van der Waals surface area contributed by atoms with Gasteiger partial charge in [0.1, 0.15) is 5.75 Å². The van der Waals surface area contributed by atoms with Crippen LogP contribution in [0.4, 0.5) is 5.13 Å². The molecule has 3 aromatic rings. The van der Waals surface area contributed by atoms with Crippen molar-refractivity contribution in [1.82, 2.24) is 10.2 Å². The molecule has 0 aliphatic heterocycles. The first-order valence-electron chi connectivity index (χ1n) is 8.17. The van der Waals surface area contributed by atoms with E-state index < -0.39 is 0 Å². The van der Waals surface area contributed by atoms with Gasteiger partial charge in [0.15, 0.2) is 4.34 Å². The van der Waals surface area contributed by atoms with Crippen molar-refractivity contribution in [2.75, 3.05) is 11.9 Å². The van der Waals surface area contributed by atoms with E-state index in [2.05, 4.69) is 21.6 Å². The van der Waals surface area contributed by atoms with Crippen LogP contribution < -0.4 is 10.1 Å². The molecule has 0 saturated heterocycles. The highest BCUT2D eigenvalue weighted by atomic mass is 32.2. The summed E-state index contributed by atoms with van der Waals surface area (Å²) in [6, 6.07) is 16.5. The molecule has 3 rings (SSSR count). The number of amides is 1. The topological polar surface area (TPSA) is 87.9 Å². The summed E-state index contributed by atoms with van der Waals surface area (Å²) >= 11 is 2.86. The molecule has 2 aromatic carbocycles. The van der Waals surface area contributed by atoms with Crippen molar-refractivity contribution >= 4 is 34.1 Å². The molecule has 0 unspecified atom stereocenters. The number of aromatic nitrogens is 2. The monoisotopic (exact) mass is 396 g/mol. The predicted molar refractivity (Wildman–Crippen MR) is 106 cm³/mol. The maximum absolute atomic E-state index is 12.3. The minimum Gasteiger partial charge on any atom is -0.494 e. The number of rotatable bonds is 7. The number of benzene rings is 2. The van der Waals surface area contributed by atoms with Crippen molar-refractivity contribution in [3.63, 3.8) is 0 Å². The standard InChI is InChI=1S/C19H16N4O2S2/c1-2-25-16-9-7-15(8-10-16)17(24)21-18-22-23-19(27-18)26-12-14-5-3-13(11-20)4-6-14/h3-10H,2,12H2,1H3,(H,21,22,24). The molecule has 0 fully saturated rings. The third-order valence-corrected chi connectivity index (χ3v) is 5.54. The Morgan fingerprint density at radius 1 is 1.19 bits per heavy atom. The molecular formula is C19H16N4O2S2. The van der Waals surface area contributed by atoms with E-state index in [0.29, 0.717) is 28.6 Å². The van der Waals surface area contributed by atoms with Gasteiger partial charge in [-0.2, -0.15) is 5.26 Å². The largest absolute Gasteiger partial charge is 0.494 e. The van der Waals surface area contributed by atoms with Crippen molar-refractivity contribution < 1.29 is 9.53 Å². The van der Waals surface area contributed by atoms with E-state index in [4.69, 9.17) is 10.00 Å². The summed E-state index contributed by atoms with van der Waals surface area (Å²) in [5, 5.41) is 20.1. The first kappa shape index (κ1) is 18.9. The number of hydrogen-bond acceptors (Lipinski definition) is 7. The second-order valence-electron chi connectivity index (χ2n) is 5.38. The Bertz CT molecular complexity index is 947. The summed E-state index contributed by atoms with van der Waals surface area (Å²) in [6.07, 6.45) is 0. The molecule has 27 heavy (non-hydrogen) atoms. The lowest BCUT2D eigenvalue weighted by Gasteiger charge is -2.04. The Balaban J connectivity index is 1.55. The third kappa shape index (κ3) is 5.29. The van der Waals surface area contributed by atoms with E-state index in [1.54, 1.807) is 36.4 Å². The summed E-state index contributed by atoms with van der Waals surface area (Å²) in [5.74, 6) is 1.21. The highest BCUT2D eigenvalue weighted by molar-refractivity contribution is 8.00. The van der Waals surface area contributed by atoms with E-state index in [9.17, 15) is 4.79 Å². The molecule has 6 nitrogen and oxygen atoms in total.